The Bertz CT molecular complexity index is 887. The Kier molecular flexibility index (Phi) is 8.03. The number of halogens is 1. The summed E-state index contributed by atoms with van der Waals surface area (Å²) >= 11 is 0. The summed E-state index contributed by atoms with van der Waals surface area (Å²) < 4.78 is 0. The minimum atomic E-state index is -0.285. The van der Waals surface area contributed by atoms with Gasteiger partial charge in [0.05, 0.1) is 19.1 Å². The molecule has 154 valence electrons. The Balaban J connectivity index is 0.00000300. The molecule has 2 amide bonds. The number of nitrogens with two attached hydrogens (primary N) is 1. The van der Waals surface area contributed by atoms with Crippen LogP contribution in [0.4, 0.5) is 5.69 Å². The Morgan fingerprint density at radius 2 is 1.86 bits per heavy atom. The number of hydrogen-bond acceptors (Lipinski definition) is 4. The monoisotopic (exact) mass is 415 g/mol. The summed E-state index contributed by atoms with van der Waals surface area (Å²) in [7, 11) is 0. The fourth-order valence-electron chi connectivity index (χ4n) is 3.37. The summed E-state index contributed by atoms with van der Waals surface area (Å²) in [4.78, 5) is 24.2. The normalized spacial score (nSPS) is 14.7. The molecule has 0 saturated heterocycles. The molecule has 1 unspecified atom stereocenters. The first kappa shape index (κ1) is 22.2. The zero-order valence-corrected chi connectivity index (χ0v) is 16.9. The van der Waals surface area contributed by atoms with E-state index in [0.29, 0.717) is 11.3 Å². The van der Waals surface area contributed by atoms with Crippen LogP contribution in [0, 0.1) is 5.41 Å². The van der Waals surface area contributed by atoms with E-state index >= 15 is 0 Å². The molecule has 7 nitrogen and oxygen atoms in total. The lowest BCUT2D eigenvalue weighted by molar-refractivity contribution is -0.125. The van der Waals surface area contributed by atoms with Gasteiger partial charge in [0.1, 0.15) is 5.84 Å². The van der Waals surface area contributed by atoms with E-state index in [-0.39, 0.29) is 49.2 Å². The molecule has 29 heavy (non-hydrogen) atoms. The fraction of sp³-hybridized carbons (Fsp3) is 0.286. The van der Waals surface area contributed by atoms with Crippen LogP contribution in [0.1, 0.15) is 35.6 Å². The predicted octanol–water partition coefficient (Wildman–Crippen LogP) is 2.11. The molecule has 3 rings (SSSR count). The van der Waals surface area contributed by atoms with Crippen LogP contribution in [0.25, 0.3) is 0 Å². The van der Waals surface area contributed by atoms with Crippen molar-refractivity contribution in [1.82, 2.24) is 10.6 Å². The number of nitrogens with one attached hydrogen (secondary N) is 4. The lowest BCUT2D eigenvalue weighted by Crippen LogP contribution is -2.41. The van der Waals surface area contributed by atoms with E-state index in [4.69, 9.17) is 11.1 Å². The van der Waals surface area contributed by atoms with E-state index in [2.05, 4.69) is 28.1 Å². The van der Waals surface area contributed by atoms with Gasteiger partial charge in [-0.05, 0) is 42.5 Å². The highest BCUT2D eigenvalue weighted by molar-refractivity contribution is 5.96. The van der Waals surface area contributed by atoms with Crippen LogP contribution in [-0.4, -0.2) is 30.7 Å². The molecule has 0 aliphatic heterocycles. The van der Waals surface area contributed by atoms with Gasteiger partial charge in [-0.15, -0.1) is 12.4 Å². The maximum atomic E-state index is 12.2. The molecule has 2 aromatic carbocycles. The quantitative estimate of drug-likeness (QED) is 0.351. The standard InChI is InChI=1S/C21H25N5O2.ClH/c22-21(23)15-7-3-8-16(11-15)24-12-19(27)25-13-20(28)26-18-10-4-6-14-5-1-2-9-17(14)18;/h1-3,5,7-9,11,18,24H,4,6,10,12-13H2,(H3,22,23)(H,25,27)(H,26,28);1H. The van der Waals surface area contributed by atoms with Crippen molar-refractivity contribution in [2.45, 2.75) is 25.3 Å². The third kappa shape index (κ3) is 6.22. The fourth-order valence-corrected chi connectivity index (χ4v) is 3.37. The Hall–Kier alpha value is -3.06. The molecular formula is C21H26ClN5O2. The molecule has 8 heteroatoms. The van der Waals surface area contributed by atoms with E-state index in [1.807, 2.05) is 12.1 Å². The Morgan fingerprint density at radius 3 is 2.66 bits per heavy atom. The van der Waals surface area contributed by atoms with Gasteiger partial charge in [-0.3, -0.25) is 15.0 Å². The number of rotatable bonds is 7. The van der Waals surface area contributed by atoms with Crippen molar-refractivity contribution in [3.63, 3.8) is 0 Å². The summed E-state index contributed by atoms with van der Waals surface area (Å²) in [5.74, 6) is -0.518. The average Bonchev–Trinajstić information content (AvgIpc) is 2.71. The van der Waals surface area contributed by atoms with E-state index in [0.717, 1.165) is 19.3 Å². The predicted molar refractivity (Wildman–Crippen MR) is 116 cm³/mol. The van der Waals surface area contributed by atoms with Crippen LogP contribution in [0.15, 0.2) is 48.5 Å². The number of benzene rings is 2. The van der Waals surface area contributed by atoms with Crippen molar-refractivity contribution < 1.29 is 9.59 Å². The van der Waals surface area contributed by atoms with E-state index in [1.54, 1.807) is 24.3 Å². The molecule has 0 saturated carbocycles. The van der Waals surface area contributed by atoms with Gasteiger partial charge in [-0.25, -0.2) is 0 Å². The number of anilines is 1. The third-order valence-corrected chi connectivity index (χ3v) is 4.78. The lowest BCUT2D eigenvalue weighted by Gasteiger charge is -2.26. The number of nitrogen functional groups attached to an aromatic ring is 1. The van der Waals surface area contributed by atoms with Crippen LogP contribution in [-0.2, 0) is 16.0 Å². The first-order chi connectivity index (χ1) is 13.5. The summed E-state index contributed by atoms with van der Waals surface area (Å²) in [6, 6.07) is 15.1. The highest BCUT2D eigenvalue weighted by atomic mass is 35.5. The number of amides is 2. The lowest BCUT2D eigenvalue weighted by atomic mass is 9.88. The number of amidine groups is 1. The Labute approximate surface area is 176 Å². The van der Waals surface area contributed by atoms with Gasteiger partial charge in [-0.1, -0.05) is 36.4 Å². The highest BCUT2D eigenvalue weighted by Gasteiger charge is 2.21. The van der Waals surface area contributed by atoms with Crippen molar-refractivity contribution in [2.75, 3.05) is 18.4 Å². The number of carbonyl (C=O) groups excluding carboxylic acids is 2. The van der Waals surface area contributed by atoms with E-state index in [1.165, 1.54) is 11.1 Å². The largest absolute Gasteiger partial charge is 0.384 e. The zero-order chi connectivity index (χ0) is 19.9. The number of hydrogen-bond donors (Lipinski definition) is 5. The van der Waals surface area contributed by atoms with Gasteiger partial charge in [0.2, 0.25) is 11.8 Å². The first-order valence-corrected chi connectivity index (χ1v) is 9.35. The molecule has 0 fully saturated rings. The molecule has 2 aromatic rings. The zero-order valence-electron chi connectivity index (χ0n) is 16.0. The summed E-state index contributed by atoms with van der Waals surface area (Å²) in [6.45, 7) is -0.0342. The summed E-state index contributed by atoms with van der Waals surface area (Å²) in [5, 5.41) is 16.0. The van der Waals surface area contributed by atoms with Crippen LogP contribution in [0.5, 0.6) is 0 Å². The number of carbonyl (C=O) groups is 2. The second kappa shape index (κ2) is 10.5. The molecular weight excluding hydrogens is 390 g/mol. The highest BCUT2D eigenvalue weighted by Crippen LogP contribution is 2.29. The molecule has 0 radical (unpaired) electrons. The van der Waals surface area contributed by atoms with Gasteiger partial charge >= 0.3 is 0 Å². The molecule has 1 aliphatic carbocycles. The van der Waals surface area contributed by atoms with E-state index < -0.39 is 0 Å². The van der Waals surface area contributed by atoms with Crippen molar-refractivity contribution in [3.8, 4) is 0 Å². The smallest absolute Gasteiger partial charge is 0.239 e. The van der Waals surface area contributed by atoms with E-state index in [9.17, 15) is 9.59 Å². The number of aryl methyl sites for hydroxylation is 1. The summed E-state index contributed by atoms with van der Waals surface area (Å²) in [5.41, 5.74) is 9.17. The first-order valence-electron chi connectivity index (χ1n) is 9.35. The van der Waals surface area contributed by atoms with Crippen molar-refractivity contribution in [2.24, 2.45) is 5.73 Å². The average molecular weight is 416 g/mol. The van der Waals surface area contributed by atoms with Gasteiger partial charge < -0.3 is 21.7 Å². The maximum absolute atomic E-state index is 12.2. The minimum absolute atomic E-state index is 0. The van der Waals surface area contributed by atoms with Gasteiger partial charge in [0.25, 0.3) is 0 Å². The third-order valence-electron chi connectivity index (χ3n) is 4.78. The van der Waals surface area contributed by atoms with Crippen molar-refractivity contribution in [1.29, 1.82) is 5.41 Å². The molecule has 0 bridgehead atoms. The SMILES string of the molecule is Cl.N=C(N)c1cccc(NCC(=O)NCC(=O)NC2CCCc3ccccc32)c1. The Morgan fingerprint density at radius 1 is 1.07 bits per heavy atom. The minimum Gasteiger partial charge on any atom is -0.384 e. The second-order valence-electron chi connectivity index (χ2n) is 6.84. The molecule has 0 aromatic heterocycles. The van der Waals surface area contributed by atoms with Gasteiger partial charge in [-0.2, -0.15) is 0 Å². The molecule has 1 aliphatic rings. The van der Waals surface area contributed by atoms with Crippen LogP contribution in [0.2, 0.25) is 0 Å². The molecule has 6 N–H and O–H groups in total. The van der Waals surface area contributed by atoms with Crippen molar-refractivity contribution in [3.05, 3.63) is 65.2 Å². The van der Waals surface area contributed by atoms with Crippen molar-refractivity contribution >= 4 is 35.7 Å². The topological polar surface area (TPSA) is 120 Å². The van der Waals surface area contributed by atoms with Crippen LogP contribution < -0.4 is 21.7 Å². The number of fused-ring (bicyclic) bond motifs is 1. The van der Waals surface area contributed by atoms with Crippen LogP contribution in [0.3, 0.4) is 0 Å². The van der Waals surface area contributed by atoms with Gasteiger partial charge in [0.15, 0.2) is 0 Å². The van der Waals surface area contributed by atoms with Crippen LogP contribution >= 0.6 is 12.4 Å². The summed E-state index contributed by atoms with van der Waals surface area (Å²) in [6.07, 6.45) is 2.98. The molecule has 1 atom stereocenters. The second-order valence-corrected chi connectivity index (χ2v) is 6.84. The maximum Gasteiger partial charge on any atom is 0.239 e. The van der Waals surface area contributed by atoms with Gasteiger partial charge in [0, 0.05) is 11.3 Å². The molecule has 0 heterocycles. The molecule has 0 spiro atoms.